The van der Waals surface area contributed by atoms with Crippen molar-refractivity contribution in [3.05, 3.63) is 47.0 Å². The molecular weight excluding hydrogens is 374 g/mol. The van der Waals surface area contributed by atoms with Crippen molar-refractivity contribution in [2.24, 2.45) is 0 Å². The third-order valence-corrected chi connectivity index (χ3v) is 5.80. The zero-order valence-electron chi connectivity index (χ0n) is 16.2. The molecule has 1 heterocycles. The van der Waals surface area contributed by atoms with Crippen molar-refractivity contribution in [3.8, 4) is 0 Å². The van der Waals surface area contributed by atoms with Crippen molar-refractivity contribution in [1.29, 1.82) is 0 Å². The van der Waals surface area contributed by atoms with Crippen LogP contribution in [0.1, 0.15) is 55.1 Å². The van der Waals surface area contributed by atoms with E-state index in [4.69, 9.17) is 4.74 Å². The molecule has 28 heavy (non-hydrogen) atoms. The highest BCUT2D eigenvalue weighted by atomic mass is 32.1. The van der Waals surface area contributed by atoms with E-state index < -0.39 is 5.97 Å². The number of benzene rings is 1. The van der Waals surface area contributed by atoms with Gasteiger partial charge in [0.25, 0.3) is 5.91 Å². The van der Waals surface area contributed by atoms with Gasteiger partial charge in [-0.2, -0.15) is 0 Å². The number of esters is 1. The number of nitrogens with one attached hydrogen (secondary N) is 1. The summed E-state index contributed by atoms with van der Waals surface area (Å²) in [6.45, 7) is 3.02. The fourth-order valence-electron chi connectivity index (χ4n) is 3.54. The summed E-state index contributed by atoms with van der Waals surface area (Å²) in [4.78, 5) is 30.9. The summed E-state index contributed by atoms with van der Waals surface area (Å²) >= 11 is 1.35. The molecular formula is C21H27N3O3S. The number of hydrogen-bond donors (Lipinski definition) is 1. The van der Waals surface area contributed by atoms with E-state index in [1.54, 1.807) is 5.38 Å². The van der Waals surface area contributed by atoms with Gasteiger partial charge in [0.1, 0.15) is 0 Å². The van der Waals surface area contributed by atoms with E-state index in [9.17, 15) is 9.59 Å². The maximum Gasteiger partial charge on any atom is 0.358 e. The lowest BCUT2D eigenvalue weighted by Gasteiger charge is -2.33. The van der Waals surface area contributed by atoms with Gasteiger partial charge in [-0.1, -0.05) is 49.6 Å². The smallest absolute Gasteiger partial charge is 0.358 e. The Hall–Kier alpha value is -2.41. The van der Waals surface area contributed by atoms with Gasteiger partial charge in [-0.15, -0.1) is 11.3 Å². The summed E-state index contributed by atoms with van der Waals surface area (Å²) in [5.74, 6) is -0.683. The fraction of sp³-hybridized carbons (Fsp3) is 0.476. The Kier molecular flexibility index (Phi) is 7.42. The van der Waals surface area contributed by atoms with Crippen LogP contribution in [0.4, 0.5) is 5.13 Å². The van der Waals surface area contributed by atoms with Crippen molar-refractivity contribution in [1.82, 2.24) is 9.88 Å². The van der Waals surface area contributed by atoms with Gasteiger partial charge in [0.15, 0.2) is 17.4 Å². The minimum absolute atomic E-state index is 0.125. The molecule has 1 N–H and O–H groups in total. The number of thiazole rings is 1. The molecule has 0 aliphatic heterocycles. The molecule has 150 valence electrons. The molecule has 3 rings (SSSR count). The molecule has 6 nitrogen and oxygen atoms in total. The van der Waals surface area contributed by atoms with Gasteiger partial charge in [-0.05, 0) is 25.3 Å². The molecule has 1 fully saturated rings. The van der Waals surface area contributed by atoms with E-state index in [1.807, 2.05) is 42.2 Å². The Morgan fingerprint density at radius 2 is 1.96 bits per heavy atom. The SMILES string of the molecule is CCN(C(=O)COC(=O)c1csc(NCc2ccccc2)n1)C1CCCCC1. The van der Waals surface area contributed by atoms with Crippen LogP contribution >= 0.6 is 11.3 Å². The predicted molar refractivity (Wildman–Crippen MR) is 110 cm³/mol. The predicted octanol–water partition coefficient (Wildman–Crippen LogP) is 4.09. The zero-order valence-corrected chi connectivity index (χ0v) is 17.0. The van der Waals surface area contributed by atoms with Crippen molar-refractivity contribution in [3.63, 3.8) is 0 Å². The molecule has 0 atom stereocenters. The second-order valence-corrected chi connectivity index (χ2v) is 7.78. The van der Waals surface area contributed by atoms with E-state index >= 15 is 0 Å². The van der Waals surface area contributed by atoms with Crippen LogP contribution in [-0.2, 0) is 16.1 Å². The van der Waals surface area contributed by atoms with Crippen molar-refractivity contribution in [2.75, 3.05) is 18.5 Å². The summed E-state index contributed by atoms with van der Waals surface area (Å²) in [6, 6.07) is 10.2. The number of amides is 1. The number of nitrogens with zero attached hydrogens (tertiary/aromatic N) is 2. The second kappa shape index (κ2) is 10.2. The summed E-state index contributed by atoms with van der Waals surface area (Å²) in [6.07, 6.45) is 5.63. The fourth-order valence-corrected chi connectivity index (χ4v) is 4.22. The van der Waals surface area contributed by atoms with Gasteiger partial charge >= 0.3 is 5.97 Å². The second-order valence-electron chi connectivity index (χ2n) is 6.92. The molecule has 1 saturated carbocycles. The minimum atomic E-state index is -0.558. The van der Waals surface area contributed by atoms with Crippen LogP contribution in [0.2, 0.25) is 0 Å². The summed E-state index contributed by atoms with van der Waals surface area (Å²) in [5, 5.41) is 5.50. The van der Waals surface area contributed by atoms with Crippen LogP contribution in [0.3, 0.4) is 0 Å². The van der Waals surface area contributed by atoms with Crippen molar-refractivity contribution >= 4 is 28.3 Å². The summed E-state index contributed by atoms with van der Waals surface area (Å²) in [5.41, 5.74) is 1.36. The highest BCUT2D eigenvalue weighted by molar-refractivity contribution is 7.13. The number of ether oxygens (including phenoxy) is 1. The maximum absolute atomic E-state index is 12.5. The van der Waals surface area contributed by atoms with Crippen LogP contribution in [0.25, 0.3) is 0 Å². The van der Waals surface area contributed by atoms with E-state index in [2.05, 4.69) is 10.3 Å². The largest absolute Gasteiger partial charge is 0.451 e. The van der Waals surface area contributed by atoms with E-state index in [-0.39, 0.29) is 24.2 Å². The van der Waals surface area contributed by atoms with E-state index in [0.717, 1.165) is 31.2 Å². The van der Waals surface area contributed by atoms with Crippen LogP contribution in [-0.4, -0.2) is 41.0 Å². The van der Waals surface area contributed by atoms with Crippen LogP contribution in [0.15, 0.2) is 35.7 Å². The molecule has 7 heteroatoms. The lowest BCUT2D eigenvalue weighted by molar-refractivity contribution is -0.137. The van der Waals surface area contributed by atoms with Crippen LogP contribution in [0.5, 0.6) is 0 Å². The standard InChI is InChI=1S/C21H27N3O3S/c1-2-24(17-11-7-4-8-12-17)19(25)14-27-20(26)18-15-28-21(23-18)22-13-16-9-5-3-6-10-16/h3,5-6,9-10,15,17H,2,4,7-8,11-14H2,1H3,(H,22,23). The first-order valence-corrected chi connectivity index (χ1v) is 10.7. The normalized spacial score (nSPS) is 14.5. The number of carbonyl (C=O) groups excluding carboxylic acids is 2. The first kappa shape index (κ1) is 20.3. The maximum atomic E-state index is 12.5. The van der Waals surface area contributed by atoms with Crippen molar-refractivity contribution in [2.45, 2.75) is 51.6 Å². The van der Waals surface area contributed by atoms with E-state index in [0.29, 0.717) is 18.2 Å². The average molecular weight is 402 g/mol. The van der Waals surface area contributed by atoms with Crippen LogP contribution in [0, 0.1) is 0 Å². The molecule has 1 aromatic carbocycles. The quantitative estimate of drug-likeness (QED) is 0.675. The molecule has 0 saturated heterocycles. The van der Waals surface area contributed by atoms with Gasteiger partial charge in [-0.3, -0.25) is 4.79 Å². The molecule has 0 bridgehead atoms. The molecule has 1 aliphatic carbocycles. The van der Waals surface area contributed by atoms with E-state index in [1.165, 1.54) is 17.8 Å². The average Bonchev–Trinajstić information content (AvgIpc) is 3.22. The number of aromatic nitrogens is 1. The monoisotopic (exact) mass is 401 g/mol. The molecule has 1 aliphatic rings. The number of rotatable bonds is 8. The summed E-state index contributed by atoms with van der Waals surface area (Å²) < 4.78 is 5.23. The third-order valence-electron chi connectivity index (χ3n) is 5.00. The molecule has 0 radical (unpaired) electrons. The number of anilines is 1. The molecule has 1 aromatic heterocycles. The third kappa shape index (κ3) is 5.55. The Balaban J connectivity index is 1.47. The Morgan fingerprint density at radius 1 is 1.21 bits per heavy atom. The minimum Gasteiger partial charge on any atom is -0.451 e. The number of hydrogen-bond acceptors (Lipinski definition) is 6. The van der Waals surface area contributed by atoms with Gasteiger partial charge in [0.05, 0.1) is 0 Å². The highest BCUT2D eigenvalue weighted by Crippen LogP contribution is 2.23. The molecule has 2 aromatic rings. The molecule has 1 amide bonds. The number of carbonyl (C=O) groups is 2. The first-order valence-electron chi connectivity index (χ1n) is 9.87. The first-order chi connectivity index (χ1) is 13.7. The topological polar surface area (TPSA) is 71.5 Å². The zero-order chi connectivity index (χ0) is 19.8. The lowest BCUT2D eigenvalue weighted by atomic mass is 9.94. The van der Waals surface area contributed by atoms with Gasteiger partial charge in [-0.25, -0.2) is 9.78 Å². The van der Waals surface area contributed by atoms with Gasteiger partial charge in [0, 0.05) is 24.5 Å². The Bertz CT molecular complexity index is 772. The van der Waals surface area contributed by atoms with Gasteiger partial charge < -0.3 is 15.0 Å². The van der Waals surface area contributed by atoms with Crippen LogP contribution < -0.4 is 5.32 Å². The Labute approximate surface area is 169 Å². The van der Waals surface area contributed by atoms with Gasteiger partial charge in [0.2, 0.25) is 0 Å². The highest BCUT2D eigenvalue weighted by Gasteiger charge is 2.25. The summed E-state index contributed by atoms with van der Waals surface area (Å²) in [7, 11) is 0. The molecule has 0 spiro atoms. The number of likely N-dealkylation sites (N-methyl/N-ethyl adjacent to an activating group) is 1. The lowest BCUT2D eigenvalue weighted by Crippen LogP contribution is -2.43. The van der Waals surface area contributed by atoms with Crippen molar-refractivity contribution < 1.29 is 14.3 Å². The molecule has 0 unspecified atom stereocenters. The Morgan fingerprint density at radius 3 is 2.68 bits per heavy atom.